The molecule has 0 amide bonds. The molecule has 0 bridgehead atoms. The summed E-state index contributed by atoms with van der Waals surface area (Å²) < 4.78 is 11.4. The van der Waals surface area contributed by atoms with E-state index in [4.69, 9.17) is 9.47 Å². The molecule has 1 N–H and O–H groups in total. The third-order valence-electron chi connectivity index (χ3n) is 3.87. The molecule has 1 heterocycles. The first kappa shape index (κ1) is 14.5. The van der Waals surface area contributed by atoms with E-state index in [0.717, 1.165) is 0 Å². The minimum Gasteiger partial charge on any atom is -0.374 e. The van der Waals surface area contributed by atoms with Crippen molar-refractivity contribution >= 4 is 0 Å². The Kier molecular flexibility index (Phi) is 4.24. The summed E-state index contributed by atoms with van der Waals surface area (Å²) in [5, 5.41) is 10.7. The molecule has 1 aliphatic heterocycles. The lowest BCUT2D eigenvalue weighted by atomic mass is 9.73. The van der Waals surface area contributed by atoms with Gasteiger partial charge in [0.2, 0.25) is 0 Å². The minimum absolute atomic E-state index is 0.0916. The average molecular weight is 240 g/mol. The number of aliphatic hydroxyl groups is 1. The smallest absolute Gasteiger partial charge is 0.180 e. The molecule has 0 aromatic rings. The third-order valence-corrected chi connectivity index (χ3v) is 3.87. The normalized spacial score (nSPS) is 42.1. The predicted molar refractivity (Wildman–Crippen MR) is 67.6 cm³/mol. The van der Waals surface area contributed by atoms with Crippen LogP contribution in [0.5, 0.6) is 0 Å². The van der Waals surface area contributed by atoms with Crippen LogP contribution in [0.2, 0.25) is 0 Å². The first-order chi connectivity index (χ1) is 7.80. The molecule has 0 aromatic heterocycles. The molecule has 4 atom stereocenters. The molecule has 1 fully saturated rings. The van der Waals surface area contributed by atoms with E-state index in [2.05, 4.69) is 25.7 Å². The van der Waals surface area contributed by atoms with Crippen molar-refractivity contribution in [1.82, 2.24) is 0 Å². The van der Waals surface area contributed by atoms with Crippen molar-refractivity contribution in [3.63, 3.8) is 0 Å². The lowest BCUT2D eigenvalue weighted by Crippen LogP contribution is -2.65. The first-order valence-corrected chi connectivity index (χ1v) is 6.17. The molecule has 98 valence electrons. The Hall–Kier alpha value is -0.560. The summed E-state index contributed by atoms with van der Waals surface area (Å²) in [6, 6.07) is 0. The highest BCUT2D eigenvalue weighted by atomic mass is 16.5. The van der Waals surface area contributed by atoms with Gasteiger partial charge in [0.1, 0.15) is 5.60 Å². The molecule has 1 aliphatic rings. The number of methoxy groups -OCH3 is 1. The maximum absolute atomic E-state index is 10.7. The summed E-state index contributed by atoms with van der Waals surface area (Å²) in [5.41, 5.74) is -1.94. The fraction of sp³-hybridized carbons (Fsp3) is 0.857. The van der Waals surface area contributed by atoms with Crippen molar-refractivity contribution in [3.05, 3.63) is 0 Å². The fourth-order valence-corrected chi connectivity index (χ4v) is 2.43. The highest BCUT2D eigenvalue weighted by Crippen LogP contribution is 2.41. The van der Waals surface area contributed by atoms with Gasteiger partial charge in [-0.25, -0.2) is 0 Å². The van der Waals surface area contributed by atoms with Crippen LogP contribution in [0.4, 0.5) is 0 Å². The zero-order valence-electron chi connectivity index (χ0n) is 11.7. The van der Waals surface area contributed by atoms with Gasteiger partial charge in [-0.05, 0) is 26.7 Å². The summed E-state index contributed by atoms with van der Waals surface area (Å²) in [7, 11) is 1.62. The van der Waals surface area contributed by atoms with Gasteiger partial charge in [0.25, 0.3) is 0 Å². The van der Waals surface area contributed by atoms with E-state index in [1.807, 2.05) is 13.8 Å². The summed E-state index contributed by atoms with van der Waals surface area (Å²) in [6.07, 6.45) is 0.381. The van der Waals surface area contributed by atoms with Crippen LogP contribution >= 0.6 is 0 Å². The van der Waals surface area contributed by atoms with E-state index in [-0.39, 0.29) is 12.2 Å². The second-order valence-electron chi connectivity index (χ2n) is 5.34. The van der Waals surface area contributed by atoms with Crippen LogP contribution in [-0.2, 0) is 9.47 Å². The Balaban J connectivity index is 3.11. The van der Waals surface area contributed by atoms with Gasteiger partial charge in [-0.2, -0.15) is 0 Å². The van der Waals surface area contributed by atoms with Crippen molar-refractivity contribution in [2.45, 2.75) is 64.4 Å². The van der Waals surface area contributed by atoms with Crippen LogP contribution in [0.1, 0.15) is 41.0 Å². The molecular formula is C14H24O3. The van der Waals surface area contributed by atoms with Gasteiger partial charge < -0.3 is 14.6 Å². The fourth-order valence-electron chi connectivity index (χ4n) is 2.43. The van der Waals surface area contributed by atoms with Crippen molar-refractivity contribution in [3.8, 4) is 11.8 Å². The topological polar surface area (TPSA) is 38.7 Å². The number of hydrogen-bond acceptors (Lipinski definition) is 3. The molecule has 0 radical (unpaired) electrons. The van der Waals surface area contributed by atoms with Crippen molar-refractivity contribution in [2.24, 2.45) is 5.92 Å². The molecule has 0 spiro atoms. The Morgan fingerprint density at radius 3 is 2.47 bits per heavy atom. The summed E-state index contributed by atoms with van der Waals surface area (Å²) in [6.45, 7) is 9.71. The Morgan fingerprint density at radius 1 is 1.47 bits per heavy atom. The van der Waals surface area contributed by atoms with Gasteiger partial charge >= 0.3 is 0 Å². The van der Waals surface area contributed by atoms with Gasteiger partial charge in [0, 0.05) is 13.5 Å². The number of hydrogen-bond donors (Lipinski definition) is 1. The predicted octanol–water partition coefficient (Wildman–Crippen LogP) is 1.98. The molecule has 0 saturated carbocycles. The van der Waals surface area contributed by atoms with E-state index in [1.54, 1.807) is 14.0 Å². The van der Waals surface area contributed by atoms with Crippen LogP contribution in [0.25, 0.3) is 0 Å². The molecule has 1 saturated heterocycles. The largest absolute Gasteiger partial charge is 0.374 e. The summed E-state index contributed by atoms with van der Waals surface area (Å²) in [4.78, 5) is 0. The second kappa shape index (κ2) is 4.97. The van der Waals surface area contributed by atoms with E-state index in [0.29, 0.717) is 12.3 Å². The number of ether oxygens (including phenoxy) is 2. The zero-order valence-corrected chi connectivity index (χ0v) is 11.7. The summed E-state index contributed by atoms with van der Waals surface area (Å²) >= 11 is 0. The van der Waals surface area contributed by atoms with Crippen LogP contribution in [0, 0.1) is 17.8 Å². The van der Waals surface area contributed by atoms with E-state index in [1.165, 1.54) is 0 Å². The van der Waals surface area contributed by atoms with Gasteiger partial charge in [-0.1, -0.05) is 19.8 Å². The number of rotatable bonds is 2. The molecule has 3 heteroatoms. The lowest BCUT2D eigenvalue weighted by molar-refractivity contribution is -0.253. The van der Waals surface area contributed by atoms with Crippen LogP contribution in [0.15, 0.2) is 0 Å². The van der Waals surface area contributed by atoms with Gasteiger partial charge in [0.05, 0.1) is 12.2 Å². The first-order valence-electron chi connectivity index (χ1n) is 6.17. The van der Waals surface area contributed by atoms with E-state index >= 15 is 0 Å². The molecule has 17 heavy (non-hydrogen) atoms. The maximum Gasteiger partial charge on any atom is 0.180 e. The van der Waals surface area contributed by atoms with Crippen LogP contribution < -0.4 is 0 Å². The molecule has 0 aromatic carbocycles. The molecule has 3 nitrogen and oxygen atoms in total. The van der Waals surface area contributed by atoms with Crippen molar-refractivity contribution in [1.29, 1.82) is 0 Å². The third kappa shape index (κ3) is 2.35. The van der Waals surface area contributed by atoms with Crippen molar-refractivity contribution in [2.75, 3.05) is 7.11 Å². The summed E-state index contributed by atoms with van der Waals surface area (Å²) in [5.74, 6) is 6.04. The Labute approximate surface area is 104 Å². The van der Waals surface area contributed by atoms with Crippen LogP contribution in [0.3, 0.4) is 0 Å². The Bertz CT molecular complexity index is 328. The van der Waals surface area contributed by atoms with Crippen molar-refractivity contribution < 1.29 is 14.6 Å². The van der Waals surface area contributed by atoms with E-state index < -0.39 is 11.2 Å². The second-order valence-corrected chi connectivity index (χ2v) is 5.34. The average Bonchev–Trinajstić information content (AvgIpc) is 2.26. The highest BCUT2D eigenvalue weighted by Gasteiger charge is 2.56. The van der Waals surface area contributed by atoms with Crippen LogP contribution in [-0.4, -0.2) is 35.6 Å². The molecular weight excluding hydrogens is 216 g/mol. The quantitative estimate of drug-likeness (QED) is 0.750. The Morgan fingerprint density at radius 2 is 2.06 bits per heavy atom. The van der Waals surface area contributed by atoms with E-state index in [9.17, 15) is 5.11 Å². The van der Waals surface area contributed by atoms with Gasteiger partial charge in [-0.15, -0.1) is 5.92 Å². The van der Waals surface area contributed by atoms with Gasteiger partial charge in [-0.3, -0.25) is 0 Å². The molecule has 0 aliphatic carbocycles. The highest BCUT2D eigenvalue weighted by molar-refractivity contribution is 5.25. The van der Waals surface area contributed by atoms with Gasteiger partial charge in [0.15, 0.2) is 5.60 Å². The molecule has 0 unspecified atom stereocenters. The zero-order chi connectivity index (χ0) is 13.3. The standard InChI is InChI=1S/C14H24O3/c1-7-8-14(15)11(4)17-12(10(2)3)9-13(14,5)16-6/h10-12,15H,9H2,1-6H3/t11-,12+,13+,14-/m0/s1. The SMILES string of the molecule is CC#C[C@]1(O)[C@H](C)O[C@@H](C(C)C)C[C@@]1(C)OC. The molecule has 1 rings (SSSR count). The lowest BCUT2D eigenvalue weighted by Gasteiger charge is -2.51. The minimum atomic E-state index is -1.25. The monoisotopic (exact) mass is 240 g/mol. The maximum atomic E-state index is 10.7.